The highest BCUT2D eigenvalue weighted by molar-refractivity contribution is 5.78. The molecule has 0 fully saturated rings. The highest BCUT2D eigenvalue weighted by atomic mass is 15.1. The second-order valence-corrected chi connectivity index (χ2v) is 5.62. The predicted molar refractivity (Wildman–Crippen MR) is 82.7 cm³/mol. The molecular weight excluding hydrogens is 246 g/mol. The van der Waals surface area contributed by atoms with Gasteiger partial charge in [-0.05, 0) is 38.5 Å². The summed E-state index contributed by atoms with van der Waals surface area (Å²) in [5.74, 6) is 1.15. The minimum atomic E-state index is 0.397. The lowest BCUT2D eigenvalue weighted by atomic mass is 10.1. The summed E-state index contributed by atoms with van der Waals surface area (Å²) in [6.45, 7) is 6.61. The van der Waals surface area contributed by atoms with Gasteiger partial charge in [0.15, 0.2) is 0 Å². The van der Waals surface area contributed by atoms with E-state index in [9.17, 15) is 0 Å². The lowest BCUT2D eigenvalue weighted by Crippen LogP contribution is -2.06. The molecule has 0 radical (unpaired) electrons. The minimum absolute atomic E-state index is 0.397. The van der Waals surface area contributed by atoms with Crippen molar-refractivity contribution in [3.05, 3.63) is 29.6 Å². The van der Waals surface area contributed by atoms with E-state index in [1.54, 1.807) is 0 Å². The largest absolute Gasteiger partial charge is 0.325 e. The van der Waals surface area contributed by atoms with Crippen LogP contribution in [0.1, 0.15) is 63.9 Å². The van der Waals surface area contributed by atoms with Crippen LogP contribution in [0.4, 0.5) is 0 Å². The fourth-order valence-corrected chi connectivity index (χ4v) is 2.68. The Bertz CT molecular complexity index is 617. The van der Waals surface area contributed by atoms with Crippen LogP contribution < -0.4 is 0 Å². The van der Waals surface area contributed by atoms with Crippen molar-refractivity contribution in [2.75, 3.05) is 0 Å². The second-order valence-electron chi connectivity index (χ2n) is 5.62. The highest BCUT2D eigenvalue weighted by Gasteiger charge is 2.13. The van der Waals surface area contributed by atoms with Gasteiger partial charge in [0.05, 0.1) is 22.7 Å². The van der Waals surface area contributed by atoms with E-state index >= 15 is 0 Å². The molecule has 2 rings (SSSR count). The summed E-state index contributed by atoms with van der Waals surface area (Å²) in [6.07, 6.45) is 6.03. The number of benzene rings is 1. The number of hydrogen-bond donors (Lipinski definition) is 0. The number of nitriles is 1. The van der Waals surface area contributed by atoms with Gasteiger partial charge in [-0.1, -0.05) is 26.2 Å². The maximum atomic E-state index is 9.00. The molecule has 1 heterocycles. The topological polar surface area (TPSA) is 41.6 Å². The van der Waals surface area contributed by atoms with Crippen LogP contribution in [0.5, 0.6) is 0 Å². The number of rotatable bonds is 6. The molecule has 0 saturated carbocycles. The molecule has 0 aliphatic rings. The molecule has 0 saturated heterocycles. The molecule has 0 spiro atoms. The van der Waals surface area contributed by atoms with Crippen molar-refractivity contribution < 1.29 is 0 Å². The zero-order chi connectivity index (χ0) is 14.5. The number of aryl methyl sites for hydroxylation is 1. The Morgan fingerprint density at radius 2 is 2.05 bits per heavy atom. The first-order valence-corrected chi connectivity index (χ1v) is 7.58. The number of hydrogen-bond acceptors (Lipinski definition) is 2. The van der Waals surface area contributed by atoms with Crippen molar-refractivity contribution in [2.45, 2.75) is 58.9 Å². The molecule has 3 heteroatoms. The van der Waals surface area contributed by atoms with E-state index in [2.05, 4.69) is 31.4 Å². The Morgan fingerprint density at radius 1 is 1.25 bits per heavy atom. The van der Waals surface area contributed by atoms with E-state index in [1.807, 2.05) is 18.2 Å². The molecule has 0 bridgehead atoms. The maximum absolute atomic E-state index is 9.00. The Kier molecular flexibility index (Phi) is 4.79. The van der Waals surface area contributed by atoms with Gasteiger partial charge >= 0.3 is 0 Å². The quantitative estimate of drug-likeness (QED) is 0.718. The van der Waals surface area contributed by atoms with Crippen LogP contribution in [-0.2, 0) is 6.42 Å². The summed E-state index contributed by atoms with van der Waals surface area (Å²) in [6, 6.07) is 8.38. The van der Waals surface area contributed by atoms with Crippen molar-refractivity contribution in [1.29, 1.82) is 5.26 Å². The molecule has 0 amide bonds. The van der Waals surface area contributed by atoms with Crippen LogP contribution in [0.15, 0.2) is 18.2 Å². The first-order valence-electron chi connectivity index (χ1n) is 7.58. The summed E-state index contributed by atoms with van der Waals surface area (Å²) in [5, 5.41) is 9.00. The van der Waals surface area contributed by atoms with E-state index in [0.29, 0.717) is 11.6 Å². The van der Waals surface area contributed by atoms with E-state index < -0.39 is 0 Å². The summed E-state index contributed by atoms with van der Waals surface area (Å²) in [5.41, 5.74) is 2.77. The SMILES string of the molecule is CCCCCCc1nc2cc(C#N)ccc2n1C(C)C. The zero-order valence-corrected chi connectivity index (χ0v) is 12.7. The van der Waals surface area contributed by atoms with Gasteiger partial charge in [0.1, 0.15) is 5.82 Å². The van der Waals surface area contributed by atoms with Crippen LogP contribution in [-0.4, -0.2) is 9.55 Å². The van der Waals surface area contributed by atoms with Crippen LogP contribution in [0, 0.1) is 11.3 Å². The lowest BCUT2D eigenvalue weighted by molar-refractivity contribution is 0.564. The van der Waals surface area contributed by atoms with Crippen LogP contribution in [0.3, 0.4) is 0 Å². The summed E-state index contributed by atoms with van der Waals surface area (Å²) < 4.78 is 2.31. The molecule has 106 valence electrons. The highest BCUT2D eigenvalue weighted by Crippen LogP contribution is 2.23. The standard InChI is InChI=1S/C17H23N3/c1-4-5-6-7-8-17-19-15-11-14(12-18)9-10-16(15)20(17)13(2)3/h9-11,13H,4-8H2,1-3H3. The zero-order valence-electron chi connectivity index (χ0n) is 12.7. The summed E-state index contributed by atoms with van der Waals surface area (Å²) in [7, 11) is 0. The van der Waals surface area contributed by atoms with Gasteiger partial charge in [-0.15, -0.1) is 0 Å². The summed E-state index contributed by atoms with van der Waals surface area (Å²) in [4.78, 5) is 4.75. The molecule has 1 aromatic heterocycles. The first-order chi connectivity index (χ1) is 9.67. The number of nitrogens with zero attached hydrogens (tertiary/aromatic N) is 3. The predicted octanol–water partition coefficient (Wildman–Crippen LogP) is 4.61. The fraction of sp³-hybridized carbons (Fsp3) is 0.529. The van der Waals surface area contributed by atoms with Crippen LogP contribution in [0.2, 0.25) is 0 Å². The van der Waals surface area contributed by atoms with Gasteiger partial charge in [-0.2, -0.15) is 5.26 Å². The minimum Gasteiger partial charge on any atom is -0.325 e. The third kappa shape index (κ3) is 3.01. The average Bonchev–Trinajstić information content (AvgIpc) is 2.80. The van der Waals surface area contributed by atoms with Gasteiger partial charge in [-0.25, -0.2) is 4.98 Å². The van der Waals surface area contributed by atoms with Gasteiger partial charge in [0.25, 0.3) is 0 Å². The molecule has 2 aromatic rings. The second kappa shape index (κ2) is 6.56. The summed E-state index contributed by atoms with van der Waals surface area (Å²) >= 11 is 0. The lowest BCUT2D eigenvalue weighted by Gasteiger charge is -2.13. The van der Waals surface area contributed by atoms with E-state index in [4.69, 9.17) is 10.2 Å². The van der Waals surface area contributed by atoms with Gasteiger partial charge in [0, 0.05) is 12.5 Å². The monoisotopic (exact) mass is 269 g/mol. The van der Waals surface area contributed by atoms with Gasteiger partial charge < -0.3 is 4.57 Å². The number of imidazole rings is 1. The fourth-order valence-electron chi connectivity index (χ4n) is 2.68. The van der Waals surface area contributed by atoms with Crippen molar-refractivity contribution in [1.82, 2.24) is 9.55 Å². The number of fused-ring (bicyclic) bond motifs is 1. The third-order valence-corrected chi connectivity index (χ3v) is 3.66. The Morgan fingerprint density at radius 3 is 2.70 bits per heavy atom. The third-order valence-electron chi connectivity index (χ3n) is 3.66. The van der Waals surface area contributed by atoms with Crippen molar-refractivity contribution in [3.8, 4) is 6.07 Å². The molecule has 0 unspecified atom stereocenters. The first kappa shape index (κ1) is 14.6. The van der Waals surface area contributed by atoms with Crippen molar-refractivity contribution in [3.63, 3.8) is 0 Å². The van der Waals surface area contributed by atoms with Crippen molar-refractivity contribution in [2.24, 2.45) is 0 Å². The Labute approximate surface area is 121 Å². The number of aromatic nitrogens is 2. The van der Waals surface area contributed by atoms with E-state index in [0.717, 1.165) is 23.3 Å². The van der Waals surface area contributed by atoms with Gasteiger partial charge in [0.2, 0.25) is 0 Å². The molecule has 0 atom stereocenters. The number of unbranched alkanes of at least 4 members (excludes halogenated alkanes) is 3. The molecule has 20 heavy (non-hydrogen) atoms. The van der Waals surface area contributed by atoms with Gasteiger partial charge in [-0.3, -0.25) is 0 Å². The van der Waals surface area contributed by atoms with E-state index in [1.165, 1.54) is 25.7 Å². The maximum Gasteiger partial charge on any atom is 0.110 e. The van der Waals surface area contributed by atoms with Crippen LogP contribution >= 0.6 is 0 Å². The molecule has 3 nitrogen and oxygen atoms in total. The Hall–Kier alpha value is -1.82. The Balaban J connectivity index is 2.32. The molecule has 0 N–H and O–H groups in total. The average molecular weight is 269 g/mol. The molecule has 0 aliphatic heterocycles. The molecule has 0 aliphatic carbocycles. The normalized spacial score (nSPS) is 11.2. The molecule has 1 aromatic carbocycles. The van der Waals surface area contributed by atoms with Crippen molar-refractivity contribution >= 4 is 11.0 Å². The molecular formula is C17H23N3. The van der Waals surface area contributed by atoms with Crippen LogP contribution in [0.25, 0.3) is 11.0 Å². The van der Waals surface area contributed by atoms with E-state index in [-0.39, 0.29) is 0 Å². The smallest absolute Gasteiger partial charge is 0.110 e.